The van der Waals surface area contributed by atoms with Gasteiger partial charge in [-0.3, -0.25) is 4.79 Å². The molecule has 2 aromatic rings. The van der Waals surface area contributed by atoms with Gasteiger partial charge in [0, 0.05) is 12.0 Å². The summed E-state index contributed by atoms with van der Waals surface area (Å²) in [7, 11) is 0. The van der Waals surface area contributed by atoms with Crippen LogP contribution in [0.1, 0.15) is 42.5 Å². The number of nitrogens with zero attached hydrogens (tertiary/aromatic N) is 1. The number of benzene rings is 2. The van der Waals surface area contributed by atoms with Gasteiger partial charge in [-0.25, -0.2) is 8.78 Å². The molecule has 3 atom stereocenters. The molecule has 2 aliphatic rings. The quantitative estimate of drug-likeness (QED) is 0.891. The van der Waals surface area contributed by atoms with E-state index in [1.54, 1.807) is 18.2 Å². The molecule has 0 saturated heterocycles. The van der Waals surface area contributed by atoms with Crippen LogP contribution in [0.3, 0.4) is 0 Å². The zero-order valence-electron chi connectivity index (χ0n) is 14.9. The van der Waals surface area contributed by atoms with Crippen molar-refractivity contribution in [2.24, 2.45) is 11.1 Å². The standard InChI is InChI=1S/C21H20F2N2O2/c1-12-8-9-15-16(6-3-7-17(15)23)20(12)24-21(26)19-11-18(25-27-19)13-4-2-5-14(22)10-13/h2-7,10,12,19-20H,8-9,11H2,1H3,(H,24,26). The van der Waals surface area contributed by atoms with Gasteiger partial charge in [0.1, 0.15) is 11.6 Å². The van der Waals surface area contributed by atoms with Gasteiger partial charge in [-0.1, -0.05) is 36.3 Å². The molecule has 0 aromatic heterocycles. The van der Waals surface area contributed by atoms with E-state index < -0.39 is 6.10 Å². The van der Waals surface area contributed by atoms with Gasteiger partial charge < -0.3 is 10.2 Å². The van der Waals surface area contributed by atoms with E-state index in [-0.39, 0.29) is 35.9 Å². The molecule has 0 bridgehead atoms. The zero-order chi connectivity index (χ0) is 19.0. The van der Waals surface area contributed by atoms with E-state index in [4.69, 9.17) is 4.84 Å². The smallest absolute Gasteiger partial charge is 0.264 e. The summed E-state index contributed by atoms with van der Waals surface area (Å²) in [6, 6.07) is 10.8. The molecule has 0 radical (unpaired) electrons. The summed E-state index contributed by atoms with van der Waals surface area (Å²) >= 11 is 0. The van der Waals surface area contributed by atoms with E-state index in [9.17, 15) is 13.6 Å². The van der Waals surface area contributed by atoms with E-state index in [1.165, 1.54) is 18.2 Å². The normalized spacial score (nSPS) is 24.0. The van der Waals surface area contributed by atoms with Crippen molar-refractivity contribution in [1.82, 2.24) is 5.32 Å². The van der Waals surface area contributed by atoms with Crippen molar-refractivity contribution in [3.8, 4) is 0 Å². The summed E-state index contributed by atoms with van der Waals surface area (Å²) in [5.74, 6) is -0.697. The second-order valence-electron chi connectivity index (χ2n) is 7.16. The van der Waals surface area contributed by atoms with Crippen molar-refractivity contribution in [3.63, 3.8) is 0 Å². The Labute approximate surface area is 156 Å². The molecule has 1 aliphatic carbocycles. The number of nitrogens with one attached hydrogen (secondary N) is 1. The van der Waals surface area contributed by atoms with Crippen LogP contribution in [0.2, 0.25) is 0 Å². The number of halogens is 2. The number of fused-ring (bicyclic) bond motifs is 1. The Hall–Kier alpha value is -2.76. The first-order valence-corrected chi connectivity index (χ1v) is 9.09. The van der Waals surface area contributed by atoms with Crippen LogP contribution in [0.25, 0.3) is 0 Å². The van der Waals surface area contributed by atoms with Crippen LogP contribution in [0.5, 0.6) is 0 Å². The van der Waals surface area contributed by atoms with Gasteiger partial charge in [0.15, 0.2) is 0 Å². The molecule has 1 heterocycles. The number of carbonyl (C=O) groups excluding carboxylic acids is 1. The first-order chi connectivity index (χ1) is 13.0. The monoisotopic (exact) mass is 370 g/mol. The molecule has 27 heavy (non-hydrogen) atoms. The minimum absolute atomic E-state index is 0.188. The van der Waals surface area contributed by atoms with Crippen LogP contribution in [-0.4, -0.2) is 17.7 Å². The Morgan fingerprint density at radius 2 is 2.04 bits per heavy atom. The number of amides is 1. The van der Waals surface area contributed by atoms with E-state index in [0.717, 1.165) is 12.0 Å². The number of hydrogen-bond donors (Lipinski definition) is 1. The van der Waals surface area contributed by atoms with Gasteiger partial charge >= 0.3 is 0 Å². The zero-order valence-corrected chi connectivity index (χ0v) is 14.9. The molecule has 0 spiro atoms. The molecule has 140 valence electrons. The highest BCUT2D eigenvalue weighted by Gasteiger charge is 2.34. The topological polar surface area (TPSA) is 50.7 Å². The van der Waals surface area contributed by atoms with Crippen molar-refractivity contribution in [2.45, 2.75) is 38.3 Å². The van der Waals surface area contributed by atoms with Gasteiger partial charge in [0.25, 0.3) is 5.91 Å². The highest BCUT2D eigenvalue weighted by Crippen LogP contribution is 2.35. The van der Waals surface area contributed by atoms with Crippen molar-refractivity contribution in [1.29, 1.82) is 0 Å². The fourth-order valence-electron chi connectivity index (χ4n) is 3.80. The molecule has 2 aromatic carbocycles. The Kier molecular flexibility index (Phi) is 4.64. The number of rotatable bonds is 3. The summed E-state index contributed by atoms with van der Waals surface area (Å²) in [6.45, 7) is 2.04. The molecule has 1 amide bonds. The van der Waals surface area contributed by atoms with Crippen molar-refractivity contribution >= 4 is 11.6 Å². The molecule has 1 N–H and O–H groups in total. The SMILES string of the molecule is CC1CCc2c(F)cccc2C1NC(=O)C1CC(c2cccc(F)c2)=NO1. The second kappa shape index (κ2) is 7.10. The fourth-order valence-corrected chi connectivity index (χ4v) is 3.80. The van der Waals surface area contributed by atoms with E-state index in [1.807, 2.05) is 13.0 Å². The first-order valence-electron chi connectivity index (χ1n) is 9.09. The van der Waals surface area contributed by atoms with Crippen LogP contribution in [0, 0.1) is 17.6 Å². The largest absolute Gasteiger partial charge is 0.382 e. The van der Waals surface area contributed by atoms with Crippen molar-refractivity contribution in [3.05, 3.63) is 70.8 Å². The van der Waals surface area contributed by atoms with E-state index >= 15 is 0 Å². The first kappa shape index (κ1) is 17.6. The lowest BCUT2D eigenvalue weighted by Crippen LogP contribution is -2.41. The number of hydrogen-bond acceptors (Lipinski definition) is 3. The van der Waals surface area contributed by atoms with Crippen LogP contribution >= 0.6 is 0 Å². The molecule has 4 nitrogen and oxygen atoms in total. The predicted molar refractivity (Wildman–Crippen MR) is 97.2 cm³/mol. The molecule has 0 fully saturated rings. The number of carbonyl (C=O) groups is 1. The Morgan fingerprint density at radius 3 is 2.85 bits per heavy atom. The van der Waals surface area contributed by atoms with E-state index in [2.05, 4.69) is 10.5 Å². The lowest BCUT2D eigenvalue weighted by molar-refractivity contribution is -0.132. The Morgan fingerprint density at radius 1 is 1.22 bits per heavy atom. The second-order valence-corrected chi connectivity index (χ2v) is 7.16. The van der Waals surface area contributed by atoms with Gasteiger partial charge in [-0.05, 0) is 48.1 Å². The van der Waals surface area contributed by atoms with Crippen molar-refractivity contribution in [2.75, 3.05) is 0 Å². The summed E-state index contributed by atoms with van der Waals surface area (Å²) in [6.07, 6.45) is 0.971. The highest BCUT2D eigenvalue weighted by molar-refractivity contribution is 6.04. The maximum absolute atomic E-state index is 14.1. The fraction of sp³-hybridized carbons (Fsp3) is 0.333. The third-order valence-corrected chi connectivity index (χ3v) is 5.33. The van der Waals surface area contributed by atoms with E-state index in [0.29, 0.717) is 23.3 Å². The highest BCUT2D eigenvalue weighted by atomic mass is 19.1. The molecule has 4 rings (SSSR count). The van der Waals surface area contributed by atoms with Gasteiger partial charge in [0.2, 0.25) is 6.10 Å². The predicted octanol–water partition coefficient (Wildman–Crippen LogP) is 3.90. The third-order valence-electron chi connectivity index (χ3n) is 5.33. The Balaban J connectivity index is 1.47. The van der Waals surface area contributed by atoms with Gasteiger partial charge in [0.05, 0.1) is 11.8 Å². The Bertz CT molecular complexity index is 913. The molecular formula is C21H20F2N2O2. The summed E-state index contributed by atoms with van der Waals surface area (Å²) in [4.78, 5) is 18.0. The van der Waals surface area contributed by atoms with Crippen LogP contribution in [-0.2, 0) is 16.1 Å². The minimum Gasteiger partial charge on any atom is -0.382 e. The summed E-state index contributed by atoms with van der Waals surface area (Å²) in [5.41, 5.74) is 2.64. The molecule has 6 heteroatoms. The summed E-state index contributed by atoms with van der Waals surface area (Å²) < 4.78 is 27.5. The third kappa shape index (κ3) is 3.44. The molecular weight excluding hydrogens is 350 g/mol. The van der Waals surface area contributed by atoms with Gasteiger partial charge in [-0.2, -0.15) is 0 Å². The van der Waals surface area contributed by atoms with Crippen LogP contribution < -0.4 is 5.32 Å². The average Bonchev–Trinajstić information content (AvgIpc) is 3.14. The molecule has 0 saturated carbocycles. The molecule has 3 unspecified atom stereocenters. The molecule has 1 aliphatic heterocycles. The van der Waals surface area contributed by atoms with Crippen molar-refractivity contribution < 1.29 is 18.4 Å². The summed E-state index contributed by atoms with van der Waals surface area (Å²) in [5, 5.41) is 6.95. The van der Waals surface area contributed by atoms with Crippen LogP contribution in [0.4, 0.5) is 8.78 Å². The van der Waals surface area contributed by atoms with Gasteiger partial charge in [-0.15, -0.1) is 0 Å². The minimum atomic E-state index is -0.769. The average molecular weight is 370 g/mol. The lowest BCUT2D eigenvalue weighted by atomic mass is 9.80. The maximum atomic E-state index is 14.1. The lowest BCUT2D eigenvalue weighted by Gasteiger charge is -2.32. The maximum Gasteiger partial charge on any atom is 0.264 e. The van der Waals surface area contributed by atoms with Crippen LogP contribution in [0.15, 0.2) is 47.6 Å². The number of oxime groups is 1.